The van der Waals surface area contributed by atoms with E-state index in [-0.39, 0.29) is 16.5 Å². The number of hydrogen-bond acceptors (Lipinski definition) is 5. The number of nitrogens with two attached hydrogens (primary N) is 1. The Balaban J connectivity index is 2.35. The first-order chi connectivity index (χ1) is 9.09. The first kappa shape index (κ1) is 13.9. The molecule has 19 heavy (non-hydrogen) atoms. The minimum absolute atomic E-state index is 0.0184. The summed E-state index contributed by atoms with van der Waals surface area (Å²) < 4.78 is 26.5. The van der Waals surface area contributed by atoms with Crippen LogP contribution in [0, 0.1) is 17.2 Å². The summed E-state index contributed by atoms with van der Waals surface area (Å²) >= 11 is 0. The van der Waals surface area contributed by atoms with E-state index < -0.39 is 10.0 Å². The van der Waals surface area contributed by atoms with Crippen LogP contribution in [-0.4, -0.2) is 37.3 Å². The average Bonchev–Trinajstić information content (AvgIpc) is 2.47. The van der Waals surface area contributed by atoms with Gasteiger partial charge in [0.15, 0.2) is 5.69 Å². The molecule has 2 heterocycles. The predicted molar refractivity (Wildman–Crippen MR) is 69.5 cm³/mol. The van der Waals surface area contributed by atoms with Gasteiger partial charge in [0.25, 0.3) is 0 Å². The normalized spacial score (nSPS) is 20.9. The molecule has 0 bridgehead atoms. The standard InChI is InChI=1S/C12H16N4O2S/c13-7-10-3-2-6-16(9-10)19(17,18)12-4-1-5-15-11(12)8-14/h1,4-5,10H,2-3,6-7,9,13H2. The molecule has 0 radical (unpaired) electrons. The highest BCUT2D eigenvalue weighted by Crippen LogP contribution is 2.24. The third-order valence-electron chi connectivity index (χ3n) is 3.31. The smallest absolute Gasteiger partial charge is 0.245 e. The second kappa shape index (κ2) is 5.65. The SMILES string of the molecule is N#Cc1ncccc1S(=O)(=O)N1CCCC(CN)C1. The summed E-state index contributed by atoms with van der Waals surface area (Å²) in [6.07, 6.45) is 3.15. The second-order valence-electron chi connectivity index (χ2n) is 4.57. The van der Waals surface area contributed by atoms with E-state index in [2.05, 4.69) is 4.98 Å². The average molecular weight is 280 g/mol. The van der Waals surface area contributed by atoms with Crippen molar-refractivity contribution in [3.05, 3.63) is 24.0 Å². The molecule has 1 fully saturated rings. The Morgan fingerprint density at radius 2 is 2.37 bits per heavy atom. The van der Waals surface area contributed by atoms with E-state index >= 15 is 0 Å². The van der Waals surface area contributed by atoms with Crippen LogP contribution in [0.1, 0.15) is 18.5 Å². The van der Waals surface area contributed by atoms with E-state index in [0.29, 0.717) is 19.6 Å². The van der Waals surface area contributed by atoms with Crippen molar-refractivity contribution in [1.29, 1.82) is 5.26 Å². The first-order valence-electron chi connectivity index (χ1n) is 6.15. The topological polar surface area (TPSA) is 100 Å². The molecular weight excluding hydrogens is 264 g/mol. The molecule has 1 atom stereocenters. The fourth-order valence-electron chi connectivity index (χ4n) is 2.26. The number of sulfonamides is 1. The summed E-state index contributed by atoms with van der Waals surface area (Å²) in [5, 5.41) is 8.96. The number of aromatic nitrogens is 1. The number of nitriles is 1. The first-order valence-corrected chi connectivity index (χ1v) is 7.59. The van der Waals surface area contributed by atoms with Crippen molar-refractivity contribution in [2.75, 3.05) is 19.6 Å². The van der Waals surface area contributed by atoms with Gasteiger partial charge in [0.1, 0.15) is 11.0 Å². The van der Waals surface area contributed by atoms with Crippen molar-refractivity contribution >= 4 is 10.0 Å². The molecule has 1 saturated heterocycles. The predicted octanol–water partition coefficient (Wildman–Crippen LogP) is 0.313. The van der Waals surface area contributed by atoms with Gasteiger partial charge >= 0.3 is 0 Å². The Labute approximate surface area is 112 Å². The third-order valence-corrected chi connectivity index (χ3v) is 5.21. The van der Waals surface area contributed by atoms with Crippen LogP contribution in [0.3, 0.4) is 0 Å². The van der Waals surface area contributed by atoms with Gasteiger partial charge in [-0.2, -0.15) is 9.57 Å². The molecule has 102 valence electrons. The summed E-state index contributed by atoms with van der Waals surface area (Å²) in [6.45, 7) is 1.36. The minimum Gasteiger partial charge on any atom is -0.330 e. The van der Waals surface area contributed by atoms with Crippen LogP contribution in [0.25, 0.3) is 0 Å². The monoisotopic (exact) mass is 280 g/mol. The molecule has 7 heteroatoms. The molecule has 0 aromatic carbocycles. The van der Waals surface area contributed by atoms with E-state index in [1.54, 1.807) is 0 Å². The largest absolute Gasteiger partial charge is 0.330 e. The molecule has 1 aromatic heterocycles. The lowest BCUT2D eigenvalue weighted by Crippen LogP contribution is -2.42. The zero-order valence-corrected chi connectivity index (χ0v) is 11.3. The number of nitrogens with zero attached hydrogens (tertiary/aromatic N) is 3. The van der Waals surface area contributed by atoms with E-state index in [1.165, 1.54) is 22.6 Å². The molecule has 1 aliphatic rings. The van der Waals surface area contributed by atoms with Crippen LogP contribution in [0.5, 0.6) is 0 Å². The summed E-state index contributed by atoms with van der Waals surface area (Å²) in [5.41, 5.74) is 5.56. The second-order valence-corrected chi connectivity index (χ2v) is 6.48. The molecule has 1 aliphatic heterocycles. The molecule has 0 spiro atoms. The molecule has 0 aliphatic carbocycles. The van der Waals surface area contributed by atoms with Gasteiger partial charge < -0.3 is 5.73 Å². The maximum atomic E-state index is 12.5. The number of rotatable bonds is 3. The zero-order chi connectivity index (χ0) is 13.9. The van der Waals surface area contributed by atoms with Gasteiger partial charge in [0.2, 0.25) is 10.0 Å². The molecule has 2 rings (SSSR count). The minimum atomic E-state index is -3.66. The van der Waals surface area contributed by atoms with Crippen molar-refractivity contribution in [2.45, 2.75) is 17.7 Å². The molecule has 1 unspecified atom stereocenters. The fraction of sp³-hybridized carbons (Fsp3) is 0.500. The van der Waals surface area contributed by atoms with Crippen molar-refractivity contribution in [3.8, 4) is 6.07 Å². The number of hydrogen-bond donors (Lipinski definition) is 1. The van der Waals surface area contributed by atoms with Crippen LogP contribution >= 0.6 is 0 Å². The summed E-state index contributed by atoms with van der Waals surface area (Å²) in [4.78, 5) is 3.79. The number of piperidine rings is 1. The lowest BCUT2D eigenvalue weighted by atomic mass is 10.0. The van der Waals surface area contributed by atoms with Crippen molar-refractivity contribution in [1.82, 2.24) is 9.29 Å². The molecule has 0 saturated carbocycles. The summed E-state index contributed by atoms with van der Waals surface area (Å²) in [5.74, 6) is 0.186. The lowest BCUT2D eigenvalue weighted by Gasteiger charge is -2.31. The van der Waals surface area contributed by atoms with Gasteiger partial charge in [0, 0.05) is 19.3 Å². The Morgan fingerprint density at radius 1 is 1.58 bits per heavy atom. The maximum absolute atomic E-state index is 12.5. The van der Waals surface area contributed by atoms with Gasteiger partial charge in [-0.05, 0) is 37.4 Å². The maximum Gasteiger partial charge on any atom is 0.245 e. The third kappa shape index (κ3) is 2.76. The number of pyridine rings is 1. The summed E-state index contributed by atoms with van der Waals surface area (Å²) in [6, 6.07) is 4.77. The Kier molecular flexibility index (Phi) is 4.14. The van der Waals surface area contributed by atoms with Gasteiger partial charge in [0.05, 0.1) is 0 Å². The van der Waals surface area contributed by atoms with Crippen molar-refractivity contribution in [2.24, 2.45) is 11.7 Å². The van der Waals surface area contributed by atoms with Gasteiger partial charge in [-0.25, -0.2) is 13.4 Å². The van der Waals surface area contributed by atoms with Crippen molar-refractivity contribution in [3.63, 3.8) is 0 Å². The molecule has 6 nitrogen and oxygen atoms in total. The van der Waals surface area contributed by atoms with Crippen LogP contribution in [0.15, 0.2) is 23.2 Å². The molecule has 1 aromatic rings. The zero-order valence-electron chi connectivity index (χ0n) is 10.5. The van der Waals surface area contributed by atoms with E-state index in [1.807, 2.05) is 6.07 Å². The Bertz CT molecular complexity index is 594. The van der Waals surface area contributed by atoms with Gasteiger partial charge in [-0.15, -0.1) is 0 Å². The van der Waals surface area contributed by atoms with Gasteiger partial charge in [-0.3, -0.25) is 0 Å². The van der Waals surface area contributed by atoms with Crippen LogP contribution in [0.2, 0.25) is 0 Å². The highest BCUT2D eigenvalue weighted by molar-refractivity contribution is 7.89. The fourth-order valence-corrected chi connectivity index (χ4v) is 3.91. The summed E-state index contributed by atoms with van der Waals surface area (Å²) in [7, 11) is -3.66. The quantitative estimate of drug-likeness (QED) is 0.859. The van der Waals surface area contributed by atoms with Gasteiger partial charge in [-0.1, -0.05) is 0 Å². The molecule has 2 N–H and O–H groups in total. The Hall–Kier alpha value is -1.49. The van der Waals surface area contributed by atoms with Crippen LogP contribution < -0.4 is 5.73 Å². The Morgan fingerprint density at radius 3 is 3.05 bits per heavy atom. The van der Waals surface area contributed by atoms with Crippen LogP contribution in [0.4, 0.5) is 0 Å². The highest BCUT2D eigenvalue weighted by atomic mass is 32.2. The van der Waals surface area contributed by atoms with E-state index in [0.717, 1.165) is 12.8 Å². The molecular formula is C12H16N4O2S. The molecule has 0 amide bonds. The lowest BCUT2D eigenvalue weighted by molar-refractivity contribution is 0.271. The van der Waals surface area contributed by atoms with E-state index in [9.17, 15) is 8.42 Å². The van der Waals surface area contributed by atoms with Crippen molar-refractivity contribution < 1.29 is 8.42 Å². The van der Waals surface area contributed by atoms with Crippen LogP contribution in [-0.2, 0) is 10.0 Å². The van der Waals surface area contributed by atoms with E-state index in [4.69, 9.17) is 11.0 Å². The highest BCUT2D eigenvalue weighted by Gasteiger charge is 2.31.